The Labute approximate surface area is 142 Å². The molecule has 24 heavy (non-hydrogen) atoms. The van der Waals surface area contributed by atoms with Gasteiger partial charge in [0.2, 0.25) is 0 Å². The number of carbonyl (C=O) groups is 1. The van der Waals surface area contributed by atoms with E-state index in [1.807, 2.05) is 74.5 Å². The number of hydrogen-bond donors (Lipinski definition) is 0. The van der Waals surface area contributed by atoms with Crippen molar-refractivity contribution in [2.75, 3.05) is 6.73 Å². The molecule has 0 unspecified atom stereocenters. The number of benzene rings is 2. The lowest BCUT2D eigenvalue weighted by molar-refractivity contribution is -0.259. The molecule has 0 saturated carbocycles. The predicted molar refractivity (Wildman–Crippen MR) is 90.8 cm³/mol. The predicted octanol–water partition coefficient (Wildman–Crippen LogP) is 4.14. The zero-order valence-corrected chi connectivity index (χ0v) is 14.1. The van der Waals surface area contributed by atoms with Crippen LogP contribution in [0.2, 0.25) is 0 Å². The van der Waals surface area contributed by atoms with Crippen LogP contribution >= 0.6 is 0 Å². The van der Waals surface area contributed by atoms with Gasteiger partial charge in [-0.25, -0.2) is 4.79 Å². The molecular weight excluding hydrogens is 306 g/mol. The van der Waals surface area contributed by atoms with Crippen LogP contribution in [0.5, 0.6) is 0 Å². The lowest BCUT2D eigenvalue weighted by Gasteiger charge is -2.24. The monoisotopic (exact) mass is 329 g/mol. The Kier molecular flexibility index (Phi) is 7.26. The Bertz CT molecular complexity index is 601. The summed E-state index contributed by atoms with van der Waals surface area (Å²) < 4.78 is 5.60. The van der Waals surface area contributed by atoms with Gasteiger partial charge in [-0.1, -0.05) is 60.7 Å². The highest BCUT2D eigenvalue weighted by atomic mass is 17.2. The fraction of sp³-hybridized carbons (Fsp3) is 0.316. The van der Waals surface area contributed by atoms with Crippen LogP contribution in [0.1, 0.15) is 25.0 Å². The first kappa shape index (κ1) is 18.0. The molecule has 5 nitrogen and oxygen atoms in total. The van der Waals surface area contributed by atoms with Crippen LogP contribution in [-0.2, 0) is 27.7 Å². The summed E-state index contributed by atoms with van der Waals surface area (Å²) in [7, 11) is 0. The summed E-state index contributed by atoms with van der Waals surface area (Å²) in [6.45, 7) is 4.57. The van der Waals surface area contributed by atoms with Gasteiger partial charge in [-0.2, -0.15) is 4.89 Å². The average molecular weight is 329 g/mol. The molecule has 2 aromatic rings. The fourth-order valence-electron chi connectivity index (χ4n) is 2.02. The molecule has 0 fully saturated rings. The third kappa shape index (κ3) is 6.02. The first-order chi connectivity index (χ1) is 11.7. The third-order valence-corrected chi connectivity index (χ3v) is 3.40. The first-order valence-corrected chi connectivity index (χ1v) is 7.92. The fourth-order valence-corrected chi connectivity index (χ4v) is 2.02. The van der Waals surface area contributed by atoms with Gasteiger partial charge < -0.3 is 4.74 Å². The van der Waals surface area contributed by atoms with E-state index in [1.54, 1.807) is 0 Å². The summed E-state index contributed by atoms with van der Waals surface area (Å²) in [5.41, 5.74) is 1.98. The molecule has 0 aliphatic rings. The molecule has 5 heteroatoms. The Morgan fingerprint density at radius 1 is 0.917 bits per heavy atom. The van der Waals surface area contributed by atoms with Gasteiger partial charge in [0, 0.05) is 6.04 Å². The molecule has 0 atom stereocenters. The van der Waals surface area contributed by atoms with Crippen molar-refractivity contribution in [3.63, 3.8) is 0 Å². The van der Waals surface area contributed by atoms with Crippen molar-refractivity contribution in [3.8, 4) is 0 Å². The number of amides is 1. The minimum Gasteiger partial charge on any atom is -0.356 e. The molecule has 1 amide bonds. The maximum atomic E-state index is 12.1. The lowest BCUT2D eigenvalue weighted by Crippen LogP contribution is -2.39. The average Bonchev–Trinajstić information content (AvgIpc) is 2.60. The van der Waals surface area contributed by atoms with E-state index in [0.29, 0.717) is 6.61 Å². The van der Waals surface area contributed by atoms with E-state index in [-0.39, 0.29) is 19.4 Å². The summed E-state index contributed by atoms with van der Waals surface area (Å²) in [5, 5.41) is 0. The molecule has 128 valence electrons. The topological polar surface area (TPSA) is 48.0 Å². The molecule has 0 bridgehead atoms. The summed E-state index contributed by atoms with van der Waals surface area (Å²) >= 11 is 0. The van der Waals surface area contributed by atoms with Gasteiger partial charge in [-0.05, 0) is 25.0 Å². The van der Waals surface area contributed by atoms with Gasteiger partial charge in [0.1, 0.15) is 13.3 Å². The molecule has 0 radical (unpaired) electrons. The number of hydrogen-bond acceptors (Lipinski definition) is 4. The van der Waals surface area contributed by atoms with Crippen LogP contribution in [0.4, 0.5) is 4.79 Å². The van der Waals surface area contributed by atoms with E-state index in [4.69, 9.17) is 14.5 Å². The highest BCUT2D eigenvalue weighted by Crippen LogP contribution is 2.07. The zero-order valence-electron chi connectivity index (χ0n) is 14.1. The van der Waals surface area contributed by atoms with Gasteiger partial charge in [-0.3, -0.25) is 9.79 Å². The van der Waals surface area contributed by atoms with Crippen LogP contribution in [-0.4, -0.2) is 23.8 Å². The second-order valence-corrected chi connectivity index (χ2v) is 5.62. The van der Waals surface area contributed by atoms with Crippen molar-refractivity contribution in [1.29, 1.82) is 0 Å². The maximum Gasteiger partial charge on any atom is 0.443 e. The summed E-state index contributed by atoms with van der Waals surface area (Å²) in [6, 6.07) is 19.3. The van der Waals surface area contributed by atoms with Crippen molar-refractivity contribution >= 4 is 6.09 Å². The Hall–Kier alpha value is -2.37. The van der Waals surface area contributed by atoms with Gasteiger partial charge in [0.25, 0.3) is 0 Å². The van der Waals surface area contributed by atoms with E-state index in [9.17, 15) is 4.79 Å². The van der Waals surface area contributed by atoms with Gasteiger partial charge in [0.05, 0.1) is 6.61 Å². The minimum atomic E-state index is -0.561. The van der Waals surface area contributed by atoms with Gasteiger partial charge in [0.15, 0.2) is 0 Å². The standard InChI is InChI=1S/C19H23NO4/c1-16(2)20(15-22-13-17-9-5-3-6-10-17)19(21)24-23-14-18-11-7-4-8-12-18/h3-12,16H,13-15H2,1-2H3. The number of carbonyl (C=O) groups excluding carboxylic acids is 1. The second kappa shape index (κ2) is 9.70. The molecule has 0 heterocycles. The summed E-state index contributed by atoms with van der Waals surface area (Å²) in [5.74, 6) is 0. The van der Waals surface area contributed by atoms with E-state index >= 15 is 0 Å². The number of ether oxygens (including phenoxy) is 1. The van der Waals surface area contributed by atoms with Crippen molar-refractivity contribution < 1.29 is 19.3 Å². The molecule has 0 aliphatic carbocycles. The summed E-state index contributed by atoms with van der Waals surface area (Å²) in [4.78, 5) is 23.5. The molecule has 0 spiro atoms. The molecule has 2 rings (SSSR count). The second-order valence-electron chi connectivity index (χ2n) is 5.62. The highest BCUT2D eigenvalue weighted by Gasteiger charge is 2.19. The molecule has 0 aliphatic heterocycles. The quantitative estimate of drug-likeness (QED) is 0.415. The molecule has 0 saturated heterocycles. The van der Waals surface area contributed by atoms with Crippen LogP contribution in [0.25, 0.3) is 0 Å². The smallest absolute Gasteiger partial charge is 0.356 e. The molecule has 2 aromatic carbocycles. The Morgan fingerprint density at radius 2 is 1.46 bits per heavy atom. The van der Waals surface area contributed by atoms with Crippen LogP contribution < -0.4 is 0 Å². The van der Waals surface area contributed by atoms with E-state index < -0.39 is 6.09 Å². The Morgan fingerprint density at radius 3 is 2.00 bits per heavy atom. The maximum absolute atomic E-state index is 12.1. The minimum absolute atomic E-state index is 0.0615. The number of nitrogens with zero attached hydrogens (tertiary/aromatic N) is 1. The van der Waals surface area contributed by atoms with Crippen LogP contribution in [0.3, 0.4) is 0 Å². The van der Waals surface area contributed by atoms with Crippen LogP contribution in [0, 0.1) is 0 Å². The van der Waals surface area contributed by atoms with E-state index in [2.05, 4.69) is 0 Å². The van der Waals surface area contributed by atoms with Crippen molar-refractivity contribution in [2.45, 2.75) is 33.1 Å². The summed E-state index contributed by atoms with van der Waals surface area (Å²) in [6.07, 6.45) is -0.561. The molecular formula is C19H23NO4. The van der Waals surface area contributed by atoms with Gasteiger partial charge in [-0.15, -0.1) is 0 Å². The SMILES string of the molecule is CC(C)N(COCc1ccccc1)C(=O)OOCc1ccccc1. The third-order valence-electron chi connectivity index (χ3n) is 3.40. The largest absolute Gasteiger partial charge is 0.443 e. The van der Waals surface area contributed by atoms with Crippen molar-refractivity contribution in [2.24, 2.45) is 0 Å². The zero-order chi connectivity index (χ0) is 17.2. The molecule has 0 N–H and O–H groups in total. The first-order valence-electron chi connectivity index (χ1n) is 7.92. The Balaban J connectivity index is 1.75. The lowest BCUT2D eigenvalue weighted by atomic mass is 10.2. The highest BCUT2D eigenvalue weighted by molar-refractivity contribution is 5.67. The van der Waals surface area contributed by atoms with Crippen molar-refractivity contribution in [1.82, 2.24) is 4.90 Å². The van der Waals surface area contributed by atoms with Gasteiger partial charge >= 0.3 is 6.09 Å². The molecule has 0 aromatic heterocycles. The van der Waals surface area contributed by atoms with Crippen molar-refractivity contribution in [3.05, 3.63) is 71.8 Å². The van der Waals surface area contributed by atoms with Crippen LogP contribution in [0.15, 0.2) is 60.7 Å². The van der Waals surface area contributed by atoms with E-state index in [1.165, 1.54) is 4.90 Å². The normalized spacial score (nSPS) is 10.6. The number of rotatable bonds is 8. The van der Waals surface area contributed by atoms with E-state index in [0.717, 1.165) is 11.1 Å².